The van der Waals surface area contributed by atoms with E-state index in [1.807, 2.05) is 18.2 Å². The average Bonchev–Trinajstić information content (AvgIpc) is 3.18. The Morgan fingerprint density at radius 1 is 1.00 bits per heavy atom. The number of hydrogen-bond acceptors (Lipinski definition) is 4. The highest BCUT2D eigenvalue weighted by atomic mass is 79.9. The molecule has 0 saturated heterocycles. The van der Waals surface area contributed by atoms with Crippen LogP contribution in [0.5, 0.6) is 0 Å². The maximum atomic E-state index is 13.1. The van der Waals surface area contributed by atoms with Crippen molar-refractivity contribution in [1.29, 1.82) is 0 Å². The van der Waals surface area contributed by atoms with Crippen molar-refractivity contribution in [3.8, 4) is 5.69 Å². The predicted octanol–water partition coefficient (Wildman–Crippen LogP) is 3.62. The van der Waals surface area contributed by atoms with Gasteiger partial charge in [0.25, 0.3) is 5.56 Å². The largest absolute Gasteiger partial charge is 0.336 e. The smallest absolute Gasteiger partial charge is 0.325 e. The van der Waals surface area contributed by atoms with Crippen molar-refractivity contribution in [2.24, 2.45) is 0 Å². The molecule has 140 valence electrons. The lowest BCUT2D eigenvalue weighted by Crippen LogP contribution is -2.40. The SMILES string of the molecule is O=C(Cn1c(=O)n(-c2ccccc2)c(=O)c2sccc21)Nc1ccc(Br)cc1. The summed E-state index contributed by atoms with van der Waals surface area (Å²) in [4.78, 5) is 38.5. The maximum absolute atomic E-state index is 13.1. The number of carbonyl (C=O) groups excluding carboxylic acids is 1. The normalized spacial score (nSPS) is 10.9. The molecular weight excluding hydrogens is 442 g/mol. The molecule has 0 unspecified atom stereocenters. The van der Waals surface area contributed by atoms with Crippen LogP contribution < -0.4 is 16.6 Å². The maximum Gasteiger partial charge on any atom is 0.336 e. The zero-order chi connectivity index (χ0) is 19.7. The number of hydrogen-bond donors (Lipinski definition) is 1. The van der Waals surface area contributed by atoms with Gasteiger partial charge >= 0.3 is 5.69 Å². The Morgan fingerprint density at radius 3 is 2.43 bits per heavy atom. The van der Waals surface area contributed by atoms with Crippen LogP contribution in [0.1, 0.15) is 0 Å². The number of para-hydroxylation sites is 1. The third-order valence-electron chi connectivity index (χ3n) is 4.20. The molecule has 0 aliphatic rings. The Morgan fingerprint density at radius 2 is 1.71 bits per heavy atom. The van der Waals surface area contributed by atoms with Gasteiger partial charge in [-0.3, -0.25) is 14.2 Å². The van der Waals surface area contributed by atoms with Gasteiger partial charge in [0.1, 0.15) is 11.2 Å². The first-order valence-corrected chi connectivity index (χ1v) is 10.1. The number of nitrogens with one attached hydrogen (secondary N) is 1. The molecule has 2 aromatic heterocycles. The number of carbonyl (C=O) groups is 1. The Hall–Kier alpha value is -2.97. The molecule has 6 nitrogen and oxygen atoms in total. The zero-order valence-electron chi connectivity index (χ0n) is 14.5. The molecule has 0 radical (unpaired) electrons. The summed E-state index contributed by atoms with van der Waals surface area (Å²) in [6, 6.07) is 17.5. The second-order valence-corrected chi connectivity index (χ2v) is 7.87. The number of rotatable bonds is 4. The van der Waals surface area contributed by atoms with E-state index in [9.17, 15) is 14.4 Å². The molecule has 1 amide bonds. The molecule has 0 spiro atoms. The van der Waals surface area contributed by atoms with Gasteiger partial charge in [0.05, 0.1) is 11.2 Å². The van der Waals surface area contributed by atoms with Gasteiger partial charge in [0, 0.05) is 10.2 Å². The minimum Gasteiger partial charge on any atom is -0.325 e. The first-order chi connectivity index (χ1) is 13.5. The summed E-state index contributed by atoms with van der Waals surface area (Å²) in [6.07, 6.45) is 0. The Balaban J connectivity index is 1.77. The first kappa shape index (κ1) is 18.4. The molecule has 0 fully saturated rings. The van der Waals surface area contributed by atoms with E-state index in [2.05, 4.69) is 21.2 Å². The molecule has 4 rings (SSSR count). The number of nitrogens with zero attached hydrogens (tertiary/aromatic N) is 2. The average molecular weight is 456 g/mol. The van der Waals surface area contributed by atoms with Crippen molar-refractivity contribution in [3.05, 3.63) is 91.4 Å². The molecule has 8 heteroatoms. The number of aromatic nitrogens is 2. The summed E-state index contributed by atoms with van der Waals surface area (Å²) >= 11 is 4.59. The molecule has 1 N–H and O–H groups in total. The van der Waals surface area contributed by atoms with E-state index in [0.717, 1.165) is 9.04 Å². The second-order valence-electron chi connectivity index (χ2n) is 6.03. The van der Waals surface area contributed by atoms with Crippen LogP contribution >= 0.6 is 27.3 Å². The number of benzene rings is 2. The van der Waals surface area contributed by atoms with Crippen molar-refractivity contribution in [2.45, 2.75) is 6.54 Å². The Kier molecular flexibility index (Phi) is 4.97. The molecule has 28 heavy (non-hydrogen) atoms. The van der Waals surface area contributed by atoms with Crippen molar-refractivity contribution in [2.75, 3.05) is 5.32 Å². The van der Waals surface area contributed by atoms with Gasteiger partial charge in [-0.05, 0) is 47.8 Å². The van der Waals surface area contributed by atoms with Crippen LogP contribution in [0, 0.1) is 0 Å². The van der Waals surface area contributed by atoms with Gasteiger partial charge in [-0.1, -0.05) is 34.1 Å². The number of halogens is 1. The molecule has 4 aromatic rings. The molecule has 0 saturated carbocycles. The Bertz CT molecular complexity index is 1270. The van der Waals surface area contributed by atoms with Gasteiger partial charge in [-0.25, -0.2) is 9.36 Å². The van der Waals surface area contributed by atoms with E-state index in [4.69, 9.17) is 0 Å². The first-order valence-electron chi connectivity index (χ1n) is 8.38. The fourth-order valence-corrected chi connectivity index (χ4v) is 4.01. The quantitative estimate of drug-likeness (QED) is 0.510. The highest BCUT2D eigenvalue weighted by Crippen LogP contribution is 2.17. The zero-order valence-corrected chi connectivity index (χ0v) is 16.9. The molecule has 0 aliphatic carbocycles. The van der Waals surface area contributed by atoms with Crippen LogP contribution in [-0.4, -0.2) is 15.0 Å². The van der Waals surface area contributed by atoms with E-state index in [1.165, 1.54) is 15.9 Å². The lowest BCUT2D eigenvalue weighted by atomic mass is 10.3. The number of amides is 1. The fourth-order valence-electron chi connectivity index (χ4n) is 2.92. The summed E-state index contributed by atoms with van der Waals surface area (Å²) < 4.78 is 3.76. The standard InChI is InChI=1S/C20H14BrN3O3S/c21-13-6-8-14(9-7-13)22-17(25)12-23-16-10-11-28-18(16)19(26)24(20(23)27)15-4-2-1-3-5-15/h1-11H,12H2,(H,22,25). The van der Waals surface area contributed by atoms with Crippen LogP contribution in [0.2, 0.25) is 0 Å². The van der Waals surface area contributed by atoms with Gasteiger partial charge in [-0.2, -0.15) is 0 Å². The third-order valence-corrected chi connectivity index (χ3v) is 5.62. The summed E-state index contributed by atoms with van der Waals surface area (Å²) in [5.74, 6) is -0.352. The summed E-state index contributed by atoms with van der Waals surface area (Å²) in [6.45, 7) is -0.199. The number of thiophene rings is 1. The number of fused-ring (bicyclic) bond motifs is 1. The molecule has 0 bridgehead atoms. The fraction of sp³-hybridized carbons (Fsp3) is 0.0500. The van der Waals surface area contributed by atoms with E-state index < -0.39 is 5.69 Å². The van der Waals surface area contributed by atoms with Gasteiger partial charge in [0.15, 0.2) is 0 Å². The van der Waals surface area contributed by atoms with Crippen LogP contribution in [0.15, 0.2) is 80.1 Å². The minimum atomic E-state index is -0.548. The highest BCUT2D eigenvalue weighted by molar-refractivity contribution is 9.10. The molecule has 0 aliphatic heterocycles. The third kappa shape index (κ3) is 3.44. The van der Waals surface area contributed by atoms with E-state index >= 15 is 0 Å². The van der Waals surface area contributed by atoms with Crippen LogP contribution in [0.25, 0.3) is 15.9 Å². The Labute approximate surface area is 171 Å². The molecule has 2 heterocycles. The van der Waals surface area contributed by atoms with Crippen LogP contribution in [0.3, 0.4) is 0 Å². The van der Waals surface area contributed by atoms with Crippen molar-refractivity contribution < 1.29 is 4.79 Å². The van der Waals surface area contributed by atoms with Crippen molar-refractivity contribution in [1.82, 2.24) is 9.13 Å². The highest BCUT2D eigenvalue weighted by Gasteiger charge is 2.17. The lowest BCUT2D eigenvalue weighted by molar-refractivity contribution is -0.116. The lowest BCUT2D eigenvalue weighted by Gasteiger charge is -2.12. The van der Waals surface area contributed by atoms with Crippen molar-refractivity contribution in [3.63, 3.8) is 0 Å². The van der Waals surface area contributed by atoms with E-state index in [1.54, 1.807) is 47.8 Å². The van der Waals surface area contributed by atoms with Gasteiger partial charge < -0.3 is 5.32 Å². The van der Waals surface area contributed by atoms with Crippen LogP contribution in [0.4, 0.5) is 5.69 Å². The molecule has 2 aromatic carbocycles. The summed E-state index contributed by atoms with van der Waals surface area (Å²) in [5.41, 5.74) is 0.617. The minimum absolute atomic E-state index is 0.199. The van der Waals surface area contributed by atoms with Crippen molar-refractivity contribution >= 4 is 49.1 Å². The van der Waals surface area contributed by atoms with Crippen LogP contribution in [-0.2, 0) is 11.3 Å². The van der Waals surface area contributed by atoms with E-state index in [-0.39, 0.29) is 18.0 Å². The topological polar surface area (TPSA) is 73.1 Å². The molecule has 0 atom stereocenters. The summed E-state index contributed by atoms with van der Waals surface area (Å²) in [7, 11) is 0. The monoisotopic (exact) mass is 455 g/mol. The second kappa shape index (κ2) is 7.57. The summed E-state index contributed by atoms with van der Waals surface area (Å²) in [5, 5.41) is 4.51. The van der Waals surface area contributed by atoms with Gasteiger partial charge in [-0.15, -0.1) is 11.3 Å². The van der Waals surface area contributed by atoms with E-state index in [0.29, 0.717) is 21.6 Å². The molecular formula is C20H14BrN3O3S. The van der Waals surface area contributed by atoms with Gasteiger partial charge in [0.2, 0.25) is 5.91 Å². The predicted molar refractivity (Wildman–Crippen MR) is 114 cm³/mol. The number of anilines is 1.